The fourth-order valence-corrected chi connectivity index (χ4v) is 3.19. The highest BCUT2D eigenvalue weighted by Gasteiger charge is 2.18. The molecule has 4 heteroatoms. The normalized spacial score (nSPS) is 15.5. The molecule has 0 aliphatic carbocycles. The molecule has 0 amide bonds. The molecule has 2 nitrogen and oxygen atoms in total. The van der Waals surface area contributed by atoms with Crippen molar-refractivity contribution >= 4 is 20.0 Å². The molecule has 0 rings (SSSR count). The minimum atomic E-state index is -2.99. The van der Waals surface area contributed by atoms with E-state index in [1.807, 2.05) is 0 Å². The fourth-order valence-electron chi connectivity index (χ4n) is 1.69. The van der Waals surface area contributed by atoms with Gasteiger partial charge in [-0.3, -0.25) is 0 Å². The maximum Gasteiger partial charge on any atom is 0.144 e. The number of hydrogen-bond acceptors (Lipinski definition) is 2. The second kappa shape index (κ2) is 8.48. The number of rotatable bonds is 9. The summed E-state index contributed by atoms with van der Waals surface area (Å²) in [5.41, 5.74) is 0. The first kappa shape index (κ1) is 15.3. The third-order valence-electron chi connectivity index (χ3n) is 2.68. The molecule has 0 aromatic heterocycles. The molecule has 0 radical (unpaired) electrons. The Labute approximate surface area is 99.3 Å². The lowest BCUT2D eigenvalue weighted by Gasteiger charge is -2.15. The van der Waals surface area contributed by atoms with Crippen LogP contribution >= 0.6 is 0 Å². The van der Waals surface area contributed by atoms with Crippen LogP contribution in [0.15, 0.2) is 0 Å². The van der Waals surface area contributed by atoms with Crippen LogP contribution in [0.2, 0.25) is 0 Å². The summed E-state index contributed by atoms with van der Waals surface area (Å²) in [6, 6.07) is 0. The van der Waals surface area contributed by atoms with Gasteiger partial charge in [-0.05, 0) is 12.8 Å². The number of unbranched alkanes of at least 4 members (excludes halogenated alkanes) is 4. The molecule has 0 bridgehead atoms. The van der Waals surface area contributed by atoms with Crippen molar-refractivity contribution in [2.45, 2.75) is 70.5 Å². The van der Waals surface area contributed by atoms with Crippen LogP contribution in [0.25, 0.3) is 0 Å². The van der Waals surface area contributed by atoms with Crippen molar-refractivity contribution in [1.29, 1.82) is 0 Å². The molecule has 0 aliphatic heterocycles. The summed E-state index contributed by atoms with van der Waals surface area (Å²) >= 11 is 4.69. The van der Waals surface area contributed by atoms with Gasteiger partial charge < -0.3 is 4.55 Å². The average molecular weight is 252 g/mol. The molecule has 1 atom stereocenters. The maximum absolute atomic E-state index is 11.4. The minimum absolute atomic E-state index is 0.161. The van der Waals surface area contributed by atoms with Crippen molar-refractivity contribution in [1.82, 2.24) is 0 Å². The van der Waals surface area contributed by atoms with Crippen LogP contribution in [0.1, 0.15) is 65.2 Å². The second-order valence-electron chi connectivity index (χ2n) is 4.13. The fraction of sp³-hybridized carbons (Fsp3) is 1.00. The van der Waals surface area contributed by atoms with E-state index in [-0.39, 0.29) is 5.25 Å². The summed E-state index contributed by atoms with van der Waals surface area (Å²) in [5.74, 6) is 0. The van der Waals surface area contributed by atoms with Crippen molar-refractivity contribution in [3.63, 3.8) is 0 Å². The van der Waals surface area contributed by atoms with Gasteiger partial charge in [-0.2, -0.15) is 0 Å². The lowest BCUT2D eigenvalue weighted by atomic mass is 10.1. The smallest absolute Gasteiger partial charge is 0.144 e. The van der Waals surface area contributed by atoms with Gasteiger partial charge >= 0.3 is 0 Å². The van der Waals surface area contributed by atoms with Gasteiger partial charge in [0.05, 0.1) is 5.25 Å². The van der Waals surface area contributed by atoms with Crippen LogP contribution in [-0.4, -0.2) is 14.0 Å². The highest BCUT2D eigenvalue weighted by molar-refractivity contribution is 8.30. The van der Waals surface area contributed by atoms with E-state index in [9.17, 15) is 8.76 Å². The highest BCUT2D eigenvalue weighted by atomic mass is 32.8. The first-order chi connectivity index (χ1) is 7.02. The van der Waals surface area contributed by atoms with E-state index in [0.29, 0.717) is 0 Å². The summed E-state index contributed by atoms with van der Waals surface area (Å²) in [5, 5.41) is -0.161. The average Bonchev–Trinajstić information content (AvgIpc) is 2.14. The first-order valence-electron chi connectivity index (χ1n) is 5.98. The van der Waals surface area contributed by atoms with E-state index in [4.69, 9.17) is 0 Å². The van der Waals surface area contributed by atoms with Crippen molar-refractivity contribution in [3.05, 3.63) is 0 Å². The van der Waals surface area contributed by atoms with Gasteiger partial charge in [0.25, 0.3) is 0 Å². The molecule has 0 heterocycles. The summed E-state index contributed by atoms with van der Waals surface area (Å²) in [7, 11) is -2.99. The van der Waals surface area contributed by atoms with E-state index in [2.05, 4.69) is 25.0 Å². The van der Waals surface area contributed by atoms with Crippen LogP contribution in [0, 0.1) is 0 Å². The Bertz CT molecular complexity index is 225. The van der Waals surface area contributed by atoms with Gasteiger partial charge in [-0.1, -0.05) is 52.4 Å². The van der Waals surface area contributed by atoms with Crippen LogP contribution in [0.5, 0.6) is 0 Å². The molecular weight excluding hydrogens is 228 g/mol. The van der Waals surface area contributed by atoms with Crippen LogP contribution in [0.4, 0.5) is 0 Å². The zero-order valence-corrected chi connectivity index (χ0v) is 11.5. The second-order valence-corrected chi connectivity index (χ2v) is 7.26. The summed E-state index contributed by atoms with van der Waals surface area (Å²) in [4.78, 5) is 0. The van der Waals surface area contributed by atoms with Crippen LogP contribution in [-0.2, 0) is 20.0 Å². The molecule has 0 saturated carbocycles. The molecular formula is C11H24O2S2. The molecule has 0 aromatic carbocycles. The molecule has 1 N–H and O–H groups in total. The van der Waals surface area contributed by atoms with E-state index >= 15 is 0 Å². The Morgan fingerprint density at radius 1 is 1.07 bits per heavy atom. The predicted octanol–water partition coefficient (Wildman–Crippen LogP) is 3.73. The van der Waals surface area contributed by atoms with Crippen LogP contribution < -0.4 is 0 Å². The van der Waals surface area contributed by atoms with Crippen LogP contribution in [0.3, 0.4) is 0 Å². The first-order valence-corrected chi connectivity index (χ1v) is 8.49. The monoisotopic (exact) mass is 252 g/mol. The van der Waals surface area contributed by atoms with Gasteiger partial charge in [0.1, 0.15) is 8.77 Å². The molecule has 92 valence electrons. The zero-order chi connectivity index (χ0) is 11.7. The van der Waals surface area contributed by atoms with E-state index in [1.54, 1.807) is 0 Å². The lowest BCUT2D eigenvalue weighted by molar-refractivity contribution is 0.506. The highest BCUT2D eigenvalue weighted by Crippen LogP contribution is 2.17. The summed E-state index contributed by atoms with van der Waals surface area (Å²) in [6.45, 7) is 4.27. The Hall–Kier alpha value is 0.330. The Morgan fingerprint density at radius 2 is 1.47 bits per heavy atom. The Kier molecular flexibility index (Phi) is 8.66. The maximum atomic E-state index is 11.4. The molecule has 1 unspecified atom stereocenters. The predicted molar refractivity (Wildman–Crippen MR) is 70.2 cm³/mol. The molecule has 15 heavy (non-hydrogen) atoms. The molecule has 0 aromatic rings. The molecule has 0 saturated heterocycles. The molecule has 0 spiro atoms. The summed E-state index contributed by atoms with van der Waals surface area (Å²) in [6.07, 6.45) is 8.25. The number of hydrogen-bond donors (Lipinski definition) is 1. The third-order valence-corrected chi connectivity index (χ3v) is 4.81. The van der Waals surface area contributed by atoms with Gasteiger partial charge in [-0.15, -0.1) is 0 Å². The Balaban J connectivity index is 3.97. The largest absolute Gasteiger partial charge is 0.305 e. The van der Waals surface area contributed by atoms with E-state index < -0.39 is 8.77 Å². The quantitative estimate of drug-likeness (QED) is 0.635. The van der Waals surface area contributed by atoms with Crippen molar-refractivity contribution < 1.29 is 8.76 Å². The Morgan fingerprint density at radius 3 is 1.73 bits per heavy atom. The van der Waals surface area contributed by atoms with Crippen molar-refractivity contribution in [3.8, 4) is 0 Å². The van der Waals surface area contributed by atoms with Gasteiger partial charge in [0.2, 0.25) is 0 Å². The minimum Gasteiger partial charge on any atom is -0.305 e. The topological polar surface area (TPSA) is 37.3 Å². The van der Waals surface area contributed by atoms with Crippen molar-refractivity contribution in [2.24, 2.45) is 0 Å². The summed E-state index contributed by atoms with van der Waals surface area (Å²) < 4.78 is 20.9. The zero-order valence-electron chi connectivity index (χ0n) is 9.91. The van der Waals surface area contributed by atoms with Gasteiger partial charge in [0.15, 0.2) is 0 Å². The molecule has 0 aliphatic rings. The molecule has 0 fully saturated rings. The van der Waals surface area contributed by atoms with Gasteiger partial charge in [-0.25, -0.2) is 4.21 Å². The van der Waals surface area contributed by atoms with Gasteiger partial charge in [0, 0.05) is 11.2 Å². The SMILES string of the molecule is CCCCCC(CCCCC)S(=O)(O)=S. The third kappa shape index (κ3) is 8.17. The van der Waals surface area contributed by atoms with Crippen molar-refractivity contribution in [2.75, 3.05) is 0 Å². The van der Waals surface area contributed by atoms with E-state index in [0.717, 1.165) is 51.4 Å². The standard InChI is InChI=1S/C11H24O2S2/c1-3-5-7-9-11(15(12,13)14)10-8-6-4-2/h11H,3-10H2,1-2H3,(H,12,13,14). The lowest BCUT2D eigenvalue weighted by Crippen LogP contribution is -2.19. The van der Waals surface area contributed by atoms with E-state index in [1.165, 1.54) is 0 Å².